The number of para-hydroxylation sites is 1. The molecule has 0 saturated carbocycles. The Kier molecular flexibility index (Phi) is 4.57. The van der Waals surface area contributed by atoms with Gasteiger partial charge in [-0.25, -0.2) is 4.99 Å². The molecule has 0 atom stereocenters. The van der Waals surface area contributed by atoms with Crippen molar-refractivity contribution in [3.63, 3.8) is 0 Å². The van der Waals surface area contributed by atoms with Crippen molar-refractivity contribution >= 4 is 34.6 Å². The van der Waals surface area contributed by atoms with E-state index in [1.807, 2.05) is 37.3 Å². The van der Waals surface area contributed by atoms with Crippen molar-refractivity contribution in [2.24, 2.45) is 4.99 Å². The van der Waals surface area contributed by atoms with Crippen molar-refractivity contribution in [1.82, 2.24) is 5.32 Å². The lowest BCUT2D eigenvalue weighted by molar-refractivity contribution is -0.115. The minimum atomic E-state index is -0.213. The molecule has 24 heavy (non-hydrogen) atoms. The highest BCUT2D eigenvalue weighted by atomic mass is 32.2. The number of carbonyl (C=O) groups is 1. The zero-order valence-corrected chi connectivity index (χ0v) is 14.1. The highest BCUT2D eigenvalue weighted by molar-refractivity contribution is 8.18. The van der Waals surface area contributed by atoms with E-state index < -0.39 is 0 Å². The summed E-state index contributed by atoms with van der Waals surface area (Å²) in [6.45, 7) is 1.85. The summed E-state index contributed by atoms with van der Waals surface area (Å²) in [6.07, 6.45) is 1.78. The number of hydrogen-bond acceptors (Lipinski definition) is 5. The first-order valence-electron chi connectivity index (χ1n) is 7.29. The van der Waals surface area contributed by atoms with Gasteiger partial charge in [-0.1, -0.05) is 24.3 Å². The Balaban J connectivity index is 1.88. The lowest BCUT2D eigenvalue weighted by atomic mass is 10.2. The zero-order valence-electron chi connectivity index (χ0n) is 13.2. The van der Waals surface area contributed by atoms with Crippen molar-refractivity contribution in [2.75, 3.05) is 7.11 Å². The predicted octanol–water partition coefficient (Wildman–Crippen LogP) is 3.60. The van der Waals surface area contributed by atoms with Gasteiger partial charge in [0.15, 0.2) is 5.17 Å². The summed E-state index contributed by atoms with van der Waals surface area (Å²) in [4.78, 5) is 17.0. The maximum absolute atomic E-state index is 12.1. The molecule has 1 heterocycles. The normalized spacial score (nSPS) is 17.3. The fraction of sp³-hybridized carbons (Fsp3) is 0.111. The van der Waals surface area contributed by atoms with E-state index in [4.69, 9.17) is 4.74 Å². The fourth-order valence-electron chi connectivity index (χ4n) is 2.25. The Morgan fingerprint density at radius 1 is 1.25 bits per heavy atom. The average Bonchev–Trinajstić information content (AvgIpc) is 2.91. The van der Waals surface area contributed by atoms with Gasteiger partial charge in [0.2, 0.25) is 0 Å². The van der Waals surface area contributed by atoms with Gasteiger partial charge in [-0.3, -0.25) is 4.79 Å². The first-order chi connectivity index (χ1) is 11.6. The van der Waals surface area contributed by atoms with Crippen LogP contribution in [0.1, 0.15) is 11.1 Å². The number of aliphatic imine (C=N–C) groups is 1. The standard InChI is InChI=1S/C18H16N2O3S/c1-11-5-3-8-14(21)16(11)19-18-20-17(22)15(24-18)10-12-6-4-7-13(9-12)23-2/h3-10,21H,1-2H3,(H,19,20,22)/b15-10-. The molecule has 122 valence electrons. The summed E-state index contributed by atoms with van der Waals surface area (Å²) < 4.78 is 5.18. The molecule has 1 saturated heterocycles. The molecule has 0 aliphatic carbocycles. The van der Waals surface area contributed by atoms with Gasteiger partial charge in [0.1, 0.15) is 17.2 Å². The smallest absolute Gasteiger partial charge is 0.264 e. The maximum Gasteiger partial charge on any atom is 0.264 e. The second kappa shape index (κ2) is 6.80. The van der Waals surface area contributed by atoms with Crippen LogP contribution in [0.5, 0.6) is 11.5 Å². The molecule has 3 rings (SSSR count). The van der Waals surface area contributed by atoms with Crippen LogP contribution in [0.4, 0.5) is 5.69 Å². The number of amidine groups is 1. The molecule has 1 fully saturated rings. The first-order valence-corrected chi connectivity index (χ1v) is 8.10. The largest absolute Gasteiger partial charge is 0.506 e. The van der Waals surface area contributed by atoms with Crippen LogP contribution in [-0.2, 0) is 4.79 Å². The molecule has 0 bridgehead atoms. The Morgan fingerprint density at radius 2 is 2.04 bits per heavy atom. The number of carbonyl (C=O) groups excluding carboxylic acids is 1. The molecule has 2 aromatic carbocycles. The number of nitrogens with zero attached hydrogens (tertiary/aromatic N) is 1. The zero-order chi connectivity index (χ0) is 17.1. The molecule has 1 aliphatic rings. The van der Waals surface area contributed by atoms with Gasteiger partial charge < -0.3 is 15.2 Å². The van der Waals surface area contributed by atoms with Crippen LogP contribution >= 0.6 is 11.8 Å². The second-order valence-electron chi connectivity index (χ2n) is 5.20. The third-order valence-corrected chi connectivity index (χ3v) is 4.38. The molecule has 2 aromatic rings. The fourth-order valence-corrected chi connectivity index (χ4v) is 3.08. The summed E-state index contributed by atoms with van der Waals surface area (Å²) in [5, 5.41) is 13.1. The first kappa shape index (κ1) is 16.1. The van der Waals surface area contributed by atoms with E-state index in [2.05, 4.69) is 10.3 Å². The van der Waals surface area contributed by atoms with Crippen molar-refractivity contribution in [3.05, 3.63) is 58.5 Å². The van der Waals surface area contributed by atoms with Crippen LogP contribution in [0.3, 0.4) is 0 Å². The molecule has 5 nitrogen and oxygen atoms in total. The molecule has 0 radical (unpaired) electrons. The van der Waals surface area contributed by atoms with E-state index in [0.29, 0.717) is 15.8 Å². The lowest BCUT2D eigenvalue weighted by Crippen LogP contribution is -2.19. The van der Waals surface area contributed by atoms with Crippen molar-refractivity contribution in [2.45, 2.75) is 6.92 Å². The molecule has 0 spiro atoms. The monoisotopic (exact) mass is 340 g/mol. The van der Waals surface area contributed by atoms with Crippen molar-refractivity contribution in [1.29, 1.82) is 0 Å². The van der Waals surface area contributed by atoms with E-state index in [9.17, 15) is 9.90 Å². The van der Waals surface area contributed by atoms with Gasteiger partial charge in [0, 0.05) is 0 Å². The molecule has 1 aliphatic heterocycles. The highest BCUT2D eigenvalue weighted by Crippen LogP contribution is 2.33. The van der Waals surface area contributed by atoms with Gasteiger partial charge in [-0.05, 0) is 54.1 Å². The van der Waals surface area contributed by atoms with Crippen LogP contribution in [0, 0.1) is 6.92 Å². The summed E-state index contributed by atoms with van der Waals surface area (Å²) in [7, 11) is 1.60. The number of aryl methyl sites for hydroxylation is 1. The molecule has 6 heteroatoms. The predicted molar refractivity (Wildman–Crippen MR) is 96.6 cm³/mol. The topological polar surface area (TPSA) is 70.9 Å². The Hall–Kier alpha value is -2.73. The second-order valence-corrected chi connectivity index (χ2v) is 6.23. The van der Waals surface area contributed by atoms with Crippen LogP contribution in [-0.4, -0.2) is 23.3 Å². The van der Waals surface area contributed by atoms with Crippen LogP contribution in [0.25, 0.3) is 6.08 Å². The number of hydrogen-bond donors (Lipinski definition) is 2. The number of phenols is 1. The van der Waals surface area contributed by atoms with Gasteiger partial charge in [-0.2, -0.15) is 0 Å². The number of ether oxygens (including phenoxy) is 1. The van der Waals surface area contributed by atoms with E-state index in [1.54, 1.807) is 25.3 Å². The summed E-state index contributed by atoms with van der Waals surface area (Å²) in [6, 6.07) is 12.6. The quantitative estimate of drug-likeness (QED) is 0.838. The van der Waals surface area contributed by atoms with Gasteiger partial charge in [-0.15, -0.1) is 0 Å². The van der Waals surface area contributed by atoms with Gasteiger partial charge in [0.25, 0.3) is 5.91 Å². The molecule has 2 N–H and O–H groups in total. The third-order valence-electron chi connectivity index (χ3n) is 3.47. The minimum absolute atomic E-state index is 0.0857. The lowest BCUT2D eigenvalue weighted by Gasteiger charge is -2.03. The number of rotatable bonds is 3. The molecule has 0 aromatic heterocycles. The molecule has 0 unspecified atom stereocenters. The molecule has 1 amide bonds. The van der Waals surface area contributed by atoms with E-state index >= 15 is 0 Å². The van der Waals surface area contributed by atoms with Crippen molar-refractivity contribution in [3.8, 4) is 11.5 Å². The van der Waals surface area contributed by atoms with Crippen LogP contribution in [0.2, 0.25) is 0 Å². The molecular formula is C18H16N2O3S. The highest BCUT2D eigenvalue weighted by Gasteiger charge is 2.24. The van der Waals surface area contributed by atoms with Crippen molar-refractivity contribution < 1.29 is 14.6 Å². The maximum atomic E-state index is 12.1. The summed E-state index contributed by atoms with van der Waals surface area (Å²) in [5.41, 5.74) is 2.16. The van der Waals surface area contributed by atoms with E-state index in [0.717, 1.165) is 16.9 Å². The van der Waals surface area contributed by atoms with Gasteiger partial charge in [0.05, 0.1) is 12.0 Å². The summed E-state index contributed by atoms with van der Waals surface area (Å²) >= 11 is 1.24. The number of amides is 1. The average molecular weight is 340 g/mol. The number of thioether (sulfide) groups is 1. The number of aromatic hydroxyl groups is 1. The number of benzene rings is 2. The number of methoxy groups -OCH3 is 1. The SMILES string of the molecule is COc1cccc(/C=C2\SC(=Nc3c(C)cccc3O)NC2=O)c1. The summed E-state index contributed by atoms with van der Waals surface area (Å²) in [5.74, 6) is 0.601. The Morgan fingerprint density at radius 3 is 2.79 bits per heavy atom. The van der Waals surface area contributed by atoms with E-state index in [1.165, 1.54) is 11.8 Å². The molecular weight excluding hydrogens is 324 g/mol. The third kappa shape index (κ3) is 3.44. The Labute approximate surface area is 144 Å². The van der Waals surface area contributed by atoms with E-state index in [-0.39, 0.29) is 11.7 Å². The Bertz CT molecular complexity index is 839. The van der Waals surface area contributed by atoms with Crippen LogP contribution in [0.15, 0.2) is 52.4 Å². The van der Waals surface area contributed by atoms with Gasteiger partial charge >= 0.3 is 0 Å². The number of phenolic OH excluding ortho intramolecular Hbond substituents is 1. The minimum Gasteiger partial charge on any atom is -0.506 e. The number of nitrogens with one attached hydrogen (secondary N) is 1. The van der Waals surface area contributed by atoms with Crippen LogP contribution < -0.4 is 10.1 Å².